The average Bonchev–Trinajstić information content (AvgIpc) is 3.03. The van der Waals surface area contributed by atoms with Crippen LogP contribution in [0.5, 0.6) is 5.75 Å². The lowest BCUT2D eigenvalue weighted by Gasteiger charge is -2.34. The fourth-order valence-corrected chi connectivity index (χ4v) is 3.93. The van der Waals surface area contributed by atoms with Crippen molar-refractivity contribution in [2.75, 3.05) is 32.8 Å². The number of piperazine rings is 1. The summed E-state index contributed by atoms with van der Waals surface area (Å²) in [4.78, 5) is 32.8. The van der Waals surface area contributed by atoms with E-state index in [0.29, 0.717) is 42.2 Å². The molecule has 0 saturated carbocycles. The number of nitrogens with one attached hydrogen (secondary N) is 1. The first-order valence-electron chi connectivity index (χ1n) is 10.9. The first-order valence-corrected chi connectivity index (χ1v) is 10.9. The van der Waals surface area contributed by atoms with Crippen LogP contribution in [0.15, 0.2) is 24.3 Å². The van der Waals surface area contributed by atoms with Crippen LogP contribution in [-0.2, 0) is 11.3 Å². The van der Waals surface area contributed by atoms with Gasteiger partial charge < -0.3 is 19.4 Å². The Labute approximate surface area is 184 Å². The molecular weight excluding hydrogens is 394 g/mol. The third kappa shape index (κ3) is 5.47. The monoisotopic (exact) mass is 427 g/mol. The summed E-state index contributed by atoms with van der Waals surface area (Å²) in [5, 5.41) is 0. The average molecular weight is 428 g/mol. The minimum Gasteiger partial charge on any atom is -0.494 e. The van der Waals surface area contributed by atoms with E-state index in [-0.39, 0.29) is 18.0 Å². The van der Waals surface area contributed by atoms with E-state index in [9.17, 15) is 9.59 Å². The van der Waals surface area contributed by atoms with Crippen LogP contribution in [-0.4, -0.2) is 65.6 Å². The van der Waals surface area contributed by atoms with E-state index in [0.717, 1.165) is 25.4 Å². The fraction of sp³-hybridized carbons (Fsp3) is 0.500. The van der Waals surface area contributed by atoms with Crippen LogP contribution < -0.4 is 4.74 Å². The summed E-state index contributed by atoms with van der Waals surface area (Å²) in [5.74, 6) is 0.431. The predicted molar refractivity (Wildman–Crippen MR) is 120 cm³/mol. The van der Waals surface area contributed by atoms with Crippen molar-refractivity contribution in [1.29, 1.82) is 0 Å². The number of amides is 1. The zero-order valence-corrected chi connectivity index (χ0v) is 19.2. The number of aromatic amines is 1. The lowest BCUT2D eigenvalue weighted by Crippen LogP contribution is -2.48. The maximum Gasteiger partial charge on any atom is 0.340 e. The molecule has 7 heteroatoms. The van der Waals surface area contributed by atoms with Crippen molar-refractivity contribution in [3.8, 4) is 5.75 Å². The van der Waals surface area contributed by atoms with Gasteiger partial charge in [0.15, 0.2) is 0 Å². The van der Waals surface area contributed by atoms with Gasteiger partial charge in [-0.2, -0.15) is 0 Å². The smallest absolute Gasteiger partial charge is 0.340 e. The molecule has 1 saturated heterocycles. The summed E-state index contributed by atoms with van der Waals surface area (Å²) in [6.07, 6.45) is -0.205. The van der Waals surface area contributed by atoms with Crippen LogP contribution in [0.25, 0.3) is 0 Å². The van der Waals surface area contributed by atoms with Gasteiger partial charge in [0.05, 0.1) is 18.3 Å². The van der Waals surface area contributed by atoms with Gasteiger partial charge in [-0.25, -0.2) is 4.79 Å². The van der Waals surface area contributed by atoms with Crippen LogP contribution in [0.3, 0.4) is 0 Å². The van der Waals surface area contributed by atoms with Crippen LogP contribution in [0.1, 0.15) is 58.4 Å². The zero-order chi connectivity index (χ0) is 22.5. The van der Waals surface area contributed by atoms with Crippen LogP contribution in [0, 0.1) is 13.8 Å². The Bertz CT molecular complexity index is 910. The Morgan fingerprint density at radius 3 is 2.29 bits per heavy atom. The Balaban J connectivity index is 1.59. The maximum atomic E-state index is 13.1. The number of hydrogen-bond donors (Lipinski definition) is 1. The van der Waals surface area contributed by atoms with Gasteiger partial charge in [-0.1, -0.05) is 12.1 Å². The molecular formula is C24H33N3O4. The number of ether oxygens (including phenoxy) is 2. The van der Waals surface area contributed by atoms with Crippen LogP contribution >= 0.6 is 0 Å². The number of hydrogen-bond acceptors (Lipinski definition) is 5. The number of carbonyl (C=O) groups excluding carboxylic acids is 2. The van der Waals surface area contributed by atoms with E-state index in [1.165, 1.54) is 5.56 Å². The summed E-state index contributed by atoms with van der Waals surface area (Å²) in [6, 6.07) is 8.17. The standard InChI is InChI=1S/C24H33N3O4/c1-6-30-20-9-7-19(8-10-20)15-26-11-13-27(14-12-26)23(28)22-17(4)21(18(5)25-22)24(29)31-16(2)3/h7-10,16,25H,6,11-15H2,1-5H3. The van der Waals surface area contributed by atoms with Crippen molar-refractivity contribution in [3.63, 3.8) is 0 Å². The molecule has 1 fully saturated rings. The van der Waals surface area contributed by atoms with Crippen molar-refractivity contribution in [2.24, 2.45) is 0 Å². The molecule has 1 amide bonds. The molecule has 1 aliphatic rings. The molecule has 0 atom stereocenters. The van der Waals surface area contributed by atoms with Crippen molar-refractivity contribution in [3.05, 3.63) is 52.3 Å². The molecule has 0 spiro atoms. The second kappa shape index (κ2) is 10.0. The topological polar surface area (TPSA) is 74.9 Å². The van der Waals surface area contributed by atoms with Gasteiger partial charge in [0.25, 0.3) is 5.91 Å². The highest BCUT2D eigenvalue weighted by Gasteiger charge is 2.28. The molecule has 0 aliphatic carbocycles. The summed E-state index contributed by atoms with van der Waals surface area (Å²) >= 11 is 0. The molecule has 1 N–H and O–H groups in total. The number of aryl methyl sites for hydroxylation is 1. The quantitative estimate of drug-likeness (QED) is 0.684. The number of H-pyrrole nitrogens is 1. The Kier molecular flexibility index (Phi) is 7.38. The highest BCUT2D eigenvalue weighted by Crippen LogP contribution is 2.22. The number of carbonyl (C=O) groups is 2. The zero-order valence-electron chi connectivity index (χ0n) is 19.2. The van der Waals surface area contributed by atoms with E-state index < -0.39 is 0 Å². The van der Waals surface area contributed by atoms with Crippen molar-refractivity contribution in [1.82, 2.24) is 14.8 Å². The lowest BCUT2D eigenvalue weighted by atomic mass is 10.1. The van der Waals surface area contributed by atoms with Crippen LogP contribution in [0.4, 0.5) is 0 Å². The van der Waals surface area contributed by atoms with Gasteiger partial charge in [0.1, 0.15) is 11.4 Å². The van der Waals surface area contributed by atoms with Crippen molar-refractivity contribution in [2.45, 2.75) is 47.3 Å². The highest BCUT2D eigenvalue weighted by molar-refractivity contribution is 6.00. The molecule has 0 unspecified atom stereocenters. The number of nitrogens with zero attached hydrogens (tertiary/aromatic N) is 2. The molecule has 2 heterocycles. The SMILES string of the molecule is CCOc1ccc(CN2CCN(C(=O)c3[nH]c(C)c(C(=O)OC(C)C)c3C)CC2)cc1. The minimum atomic E-state index is -0.388. The predicted octanol–water partition coefficient (Wildman–Crippen LogP) is 3.55. The van der Waals surface area contributed by atoms with E-state index in [1.54, 1.807) is 13.8 Å². The van der Waals surface area contributed by atoms with E-state index >= 15 is 0 Å². The molecule has 1 aliphatic heterocycles. The Morgan fingerprint density at radius 1 is 1.06 bits per heavy atom. The van der Waals surface area contributed by atoms with E-state index in [1.807, 2.05) is 37.8 Å². The molecule has 0 radical (unpaired) electrons. The molecule has 1 aromatic carbocycles. The van der Waals surface area contributed by atoms with Gasteiger partial charge >= 0.3 is 5.97 Å². The number of rotatable bonds is 7. The maximum absolute atomic E-state index is 13.1. The first kappa shape index (κ1) is 22.9. The molecule has 2 aromatic rings. The second-order valence-corrected chi connectivity index (χ2v) is 8.22. The normalized spacial score (nSPS) is 14.7. The molecule has 168 valence electrons. The summed E-state index contributed by atoms with van der Waals surface area (Å²) in [5.41, 5.74) is 3.50. The third-order valence-electron chi connectivity index (χ3n) is 5.50. The van der Waals surface area contributed by atoms with Crippen LogP contribution in [0.2, 0.25) is 0 Å². The van der Waals surface area contributed by atoms with Gasteiger partial charge in [-0.15, -0.1) is 0 Å². The van der Waals surface area contributed by atoms with E-state index in [4.69, 9.17) is 9.47 Å². The number of aromatic nitrogens is 1. The van der Waals surface area contributed by atoms with Crippen molar-refractivity contribution < 1.29 is 19.1 Å². The lowest BCUT2D eigenvalue weighted by molar-refractivity contribution is 0.0376. The molecule has 1 aromatic heterocycles. The summed E-state index contributed by atoms with van der Waals surface area (Å²) in [6.45, 7) is 13.6. The minimum absolute atomic E-state index is 0.0649. The van der Waals surface area contributed by atoms with Crippen molar-refractivity contribution >= 4 is 11.9 Å². The number of esters is 1. The Hall–Kier alpha value is -2.80. The van der Waals surface area contributed by atoms with Gasteiger partial charge in [0.2, 0.25) is 0 Å². The largest absolute Gasteiger partial charge is 0.494 e. The third-order valence-corrected chi connectivity index (χ3v) is 5.50. The van der Waals surface area contributed by atoms with Gasteiger partial charge in [0, 0.05) is 38.4 Å². The first-order chi connectivity index (χ1) is 14.8. The Morgan fingerprint density at radius 2 is 1.71 bits per heavy atom. The second-order valence-electron chi connectivity index (χ2n) is 8.22. The summed E-state index contributed by atoms with van der Waals surface area (Å²) < 4.78 is 10.8. The van der Waals surface area contributed by atoms with Gasteiger partial charge in [-0.05, 0) is 57.9 Å². The molecule has 3 rings (SSSR count). The molecule has 7 nitrogen and oxygen atoms in total. The van der Waals surface area contributed by atoms with Gasteiger partial charge in [-0.3, -0.25) is 9.69 Å². The molecule has 31 heavy (non-hydrogen) atoms. The van der Waals surface area contributed by atoms with E-state index in [2.05, 4.69) is 22.0 Å². The highest BCUT2D eigenvalue weighted by atomic mass is 16.5. The summed E-state index contributed by atoms with van der Waals surface area (Å²) in [7, 11) is 0. The number of benzene rings is 1. The fourth-order valence-electron chi connectivity index (χ4n) is 3.93. The molecule has 0 bridgehead atoms.